The van der Waals surface area contributed by atoms with Gasteiger partial charge in [-0.2, -0.15) is 4.98 Å². The molecule has 2 aromatic heterocycles. The van der Waals surface area contributed by atoms with Gasteiger partial charge in [0.1, 0.15) is 11.6 Å². The fourth-order valence-corrected chi connectivity index (χ4v) is 2.89. The highest BCUT2D eigenvalue weighted by Crippen LogP contribution is 2.23. The van der Waals surface area contributed by atoms with Crippen LogP contribution in [0.25, 0.3) is 0 Å². The summed E-state index contributed by atoms with van der Waals surface area (Å²) in [6.45, 7) is 11.4. The van der Waals surface area contributed by atoms with Crippen LogP contribution in [0.4, 0.5) is 0 Å². The standard InChI is InChI=1S/C16H26N6O/c1-10(13-20-19-12-8-6-7-9-22(12)13)17-11(2)14-18-15(21-23-14)16(3,4)5/h10-11,17H,6-9H2,1-5H3/t10-,11+/m0/s1. The Balaban J connectivity index is 1.71. The van der Waals surface area contributed by atoms with Crippen molar-refractivity contribution < 1.29 is 4.52 Å². The summed E-state index contributed by atoms with van der Waals surface area (Å²) in [5.74, 6) is 3.43. The van der Waals surface area contributed by atoms with Gasteiger partial charge < -0.3 is 9.09 Å². The van der Waals surface area contributed by atoms with E-state index in [4.69, 9.17) is 4.52 Å². The van der Waals surface area contributed by atoms with Crippen molar-refractivity contribution in [1.29, 1.82) is 0 Å². The number of nitrogens with one attached hydrogen (secondary N) is 1. The molecule has 7 nitrogen and oxygen atoms in total. The van der Waals surface area contributed by atoms with Gasteiger partial charge in [0.05, 0.1) is 12.1 Å². The van der Waals surface area contributed by atoms with Crippen molar-refractivity contribution in [3.63, 3.8) is 0 Å². The molecule has 1 N–H and O–H groups in total. The molecule has 1 aliphatic heterocycles. The third-order valence-electron chi connectivity index (χ3n) is 4.26. The van der Waals surface area contributed by atoms with E-state index in [1.807, 2.05) is 6.92 Å². The van der Waals surface area contributed by atoms with Crippen LogP contribution in [0.15, 0.2) is 4.52 Å². The normalized spacial score (nSPS) is 17.8. The van der Waals surface area contributed by atoms with E-state index in [2.05, 4.69) is 57.9 Å². The zero-order valence-electron chi connectivity index (χ0n) is 14.6. The van der Waals surface area contributed by atoms with E-state index < -0.39 is 0 Å². The number of hydrogen-bond donors (Lipinski definition) is 1. The molecule has 0 spiro atoms. The quantitative estimate of drug-likeness (QED) is 0.933. The maximum Gasteiger partial charge on any atom is 0.243 e. The number of nitrogens with zero attached hydrogens (tertiary/aromatic N) is 5. The van der Waals surface area contributed by atoms with Crippen molar-refractivity contribution in [2.45, 2.75) is 77.9 Å². The second-order valence-electron chi connectivity index (χ2n) is 7.40. The average molecular weight is 318 g/mol. The van der Waals surface area contributed by atoms with Crippen LogP contribution in [0.5, 0.6) is 0 Å². The maximum atomic E-state index is 5.42. The summed E-state index contributed by atoms with van der Waals surface area (Å²) in [6.07, 6.45) is 3.42. The lowest BCUT2D eigenvalue weighted by Crippen LogP contribution is -2.26. The van der Waals surface area contributed by atoms with Gasteiger partial charge in [-0.05, 0) is 26.7 Å². The number of aromatic nitrogens is 5. The van der Waals surface area contributed by atoms with Crippen LogP contribution in [0, 0.1) is 0 Å². The molecule has 1 aliphatic rings. The molecule has 0 aliphatic carbocycles. The second kappa shape index (κ2) is 6.03. The Morgan fingerprint density at radius 3 is 2.61 bits per heavy atom. The van der Waals surface area contributed by atoms with Gasteiger partial charge in [-0.15, -0.1) is 10.2 Å². The Hall–Kier alpha value is -1.76. The Kier molecular flexibility index (Phi) is 4.23. The highest BCUT2D eigenvalue weighted by Gasteiger charge is 2.26. The van der Waals surface area contributed by atoms with Gasteiger partial charge in [0, 0.05) is 18.4 Å². The lowest BCUT2D eigenvalue weighted by molar-refractivity contribution is 0.316. The monoisotopic (exact) mass is 318 g/mol. The highest BCUT2D eigenvalue weighted by molar-refractivity contribution is 5.05. The molecule has 23 heavy (non-hydrogen) atoms. The molecule has 0 aromatic carbocycles. The van der Waals surface area contributed by atoms with Crippen molar-refractivity contribution >= 4 is 0 Å². The maximum absolute atomic E-state index is 5.42. The van der Waals surface area contributed by atoms with Gasteiger partial charge in [0.2, 0.25) is 5.89 Å². The summed E-state index contributed by atoms with van der Waals surface area (Å²) in [6, 6.07) is 0.0412. The van der Waals surface area contributed by atoms with E-state index in [0.717, 1.165) is 30.4 Å². The fraction of sp³-hybridized carbons (Fsp3) is 0.750. The first-order valence-electron chi connectivity index (χ1n) is 8.38. The summed E-state index contributed by atoms with van der Waals surface area (Å²) in [7, 11) is 0. The molecular weight excluding hydrogens is 292 g/mol. The molecule has 0 fully saturated rings. The molecule has 3 rings (SSSR count). The largest absolute Gasteiger partial charge is 0.338 e. The van der Waals surface area contributed by atoms with E-state index >= 15 is 0 Å². The molecule has 3 heterocycles. The van der Waals surface area contributed by atoms with Crippen LogP contribution in [0.1, 0.15) is 82.9 Å². The number of aryl methyl sites for hydroxylation is 1. The second-order valence-corrected chi connectivity index (χ2v) is 7.40. The summed E-state index contributed by atoms with van der Waals surface area (Å²) >= 11 is 0. The smallest absolute Gasteiger partial charge is 0.243 e. The molecule has 2 atom stereocenters. The minimum absolute atomic E-state index is 0.0369. The number of rotatable bonds is 4. The van der Waals surface area contributed by atoms with Gasteiger partial charge >= 0.3 is 0 Å². The fourth-order valence-electron chi connectivity index (χ4n) is 2.89. The summed E-state index contributed by atoms with van der Waals surface area (Å²) in [5.41, 5.74) is -0.112. The first-order valence-corrected chi connectivity index (χ1v) is 8.38. The zero-order chi connectivity index (χ0) is 16.6. The van der Waals surface area contributed by atoms with E-state index in [9.17, 15) is 0 Å². The van der Waals surface area contributed by atoms with E-state index in [1.165, 1.54) is 12.8 Å². The van der Waals surface area contributed by atoms with Crippen molar-refractivity contribution in [2.75, 3.05) is 0 Å². The van der Waals surface area contributed by atoms with Crippen molar-refractivity contribution in [3.05, 3.63) is 23.4 Å². The van der Waals surface area contributed by atoms with Gasteiger partial charge in [0.15, 0.2) is 5.82 Å². The SMILES string of the molecule is C[C@H](N[C@H](C)c1nc(C(C)(C)C)no1)c1nnc2n1CCCC2. The molecular formula is C16H26N6O. The van der Waals surface area contributed by atoms with Gasteiger partial charge in [-0.1, -0.05) is 25.9 Å². The first kappa shape index (κ1) is 16.1. The molecule has 126 valence electrons. The molecule has 2 aromatic rings. The van der Waals surface area contributed by atoms with E-state index in [-0.39, 0.29) is 17.5 Å². The van der Waals surface area contributed by atoms with E-state index in [0.29, 0.717) is 5.89 Å². The summed E-state index contributed by atoms with van der Waals surface area (Å²) < 4.78 is 7.66. The summed E-state index contributed by atoms with van der Waals surface area (Å²) in [5, 5.41) is 16.3. The zero-order valence-corrected chi connectivity index (χ0v) is 14.6. The third kappa shape index (κ3) is 3.29. The van der Waals surface area contributed by atoms with Crippen molar-refractivity contribution in [2.24, 2.45) is 0 Å². The molecule has 0 amide bonds. The lowest BCUT2D eigenvalue weighted by Gasteiger charge is -2.20. The molecule has 0 saturated heterocycles. The minimum Gasteiger partial charge on any atom is -0.338 e. The predicted octanol–water partition coefficient (Wildman–Crippen LogP) is 2.71. The van der Waals surface area contributed by atoms with Crippen molar-refractivity contribution in [1.82, 2.24) is 30.2 Å². The Morgan fingerprint density at radius 1 is 1.13 bits per heavy atom. The van der Waals surface area contributed by atoms with Crippen LogP contribution >= 0.6 is 0 Å². The lowest BCUT2D eigenvalue weighted by atomic mass is 9.96. The number of fused-ring (bicyclic) bond motifs is 1. The van der Waals surface area contributed by atoms with Crippen LogP contribution in [0.2, 0.25) is 0 Å². The van der Waals surface area contributed by atoms with Gasteiger partial charge in [0.25, 0.3) is 0 Å². The molecule has 7 heteroatoms. The molecule has 0 saturated carbocycles. The Labute approximate surface area is 136 Å². The van der Waals surface area contributed by atoms with Crippen LogP contribution in [-0.2, 0) is 18.4 Å². The van der Waals surface area contributed by atoms with Crippen LogP contribution < -0.4 is 5.32 Å². The third-order valence-corrected chi connectivity index (χ3v) is 4.26. The van der Waals surface area contributed by atoms with Crippen LogP contribution in [0.3, 0.4) is 0 Å². The van der Waals surface area contributed by atoms with Gasteiger partial charge in [-0.25, -0.2) is 0 Å². The van der Waals surface area contributed by atoms with E-state index in [1.54, 1.807) is 0 Å². The first-order chi connectivity index (χ1) is 10.9. The molecule has 0 bridgehead atoms. The Bertz CT molecular complexity index is 668. The summed E-state index contributed by atoms with van der Waals surface area (Å²) in [4.78, 5) is 4.52. The topological polar surface area (TPSA) is 81.7 Å². The predicted molar refractivity (Wildman–Crippen MR) is 85.9 cm³/mol. The van der Waals surface area contributed by atoms with Crippen LogP contribution in [-0.4, -0.2) is 24.9 Å². The minimum atomic E-state index is -0.112. The van der Waals surface area contributed by atoms with Gasteiger partial charge in [-0.3, -0.25) is 5.32 Å². The number of hydrogen-bond acceptors (Lipinski definition) is 6. The molecule has 0 unspecified atom stereocenters. The molecule has 0 radical (unpaired) electrons. The average Bonchev–Trinajstić information content (AvgIpc) is 3.14. The highest BCUT2D eigenvalue weighted by atomic mass is 16.5. The Morgan fingerprint density at radius 2 is 1.91 bits per heavy atom. The van der Waals surface area contributed by atoms with Crippen molar-refractivity contribution in [3.8, 4) is 0 Å².